The van der Waals surface area contributed by atoms with E-state index in [1.54, 1.807) is 24.2 Å². The first-order valence-corrected chi connectivity index (χ1v) is 14.7. The number of carbonyl (C=O) groups excluding carboxylic acids is 3. The van der Waals surface area contributed by atoms with Crippen molar-refractivity contribution in [1.82, 2.24) is 9.80 Å². The minimum atomic E-state index is -0.468. The van der Waals surface area contributed by atoms with Crippen LogP contribution in [0.15, 0.2) is 77.7 Å². The van der Waals surface area contributed by atoms with Gasteiger partial charge >= 0.3 is 0 Å². The molecule has 0 atom stereocenters. The van der Waals surface area contributed by atoms with Gasteiger partial charge in [0.25, 0.3) is 11.1 Å². The van der Waals surface area contributed by atoms with E-state index in [4.69, 9.17) is 9.47 Å². The highest BCUT2D eigenvalue weighted by molar-refractivity contribution is 14.1. The average molecular weight is 670 g/mol. The smallest absolute Gasteiger partial charge is 0.294 e. The van der Waals surface area contributed by atoms with Gasteiger partial charge in [-0.1, -0.05) is 48.5 Å². The van der Waals surface area contributed by atoms with Crippen LogP contribution in [0.5, 0.6) is 11.5 Å². The lowest BCUT2D eigenvalue weighted by Crippen LogP contribution is -2.51. The van der Waals surface area contributed by atoms with Crippen molar-refractivity contribution in [2.45, 2.75) is 6.61 Å². The summed E-state index contributed by atoms with van der Waals surface area (Å²) < 4.78 is 12.4. The maximum atomic E-state index is 13.1. The van der Waals surface area contributed by atoms with Crippen LogP contribution in [0.1, 0.15) is 11.1 Å². The summed E-state index contributed by atoms with van der Waals surface area (Å²) >= 11 is 3.01. The molecule has 3 aromatic rings. The second-order valence-corrected chi connectivity index (χ2v) is 11.4. The maximum Gasteiger partial charge on any atom is 0.294 e. The van der Waals surface area contributed by atoms with Crippen LogP contribution in [0.3, 0.4) is 0 Å². The predicted molar refractivity (Wildman–Crippen MR) is 164 cm³/mol. The number of benzene rings is 3. The third-order valence-corrected chi connectivity index (χ3v) is 8.40. The number of nitrogens with zero attached hydrogens (tertiary/aromatic N) is 3. The Kier molecular flexibility index (Phi) is 8.95. The van der Waals surface area contributed by atoms with Crippen molar-refractivity contribution in [1.29, 1.82) is 0 Å². The summed E-state index contributed by atoms with van der Waals surface area (Å²) in [6.45, 7) is 2.60. The summed E-state index contributed by atoms with van der Waals surface area (Å²) in [5.41, 5.74) is 2.85. The summed E-state index contributed by atoms with van der Waals surface area (Å²) in [5, 5.41) is -0.447. The summed E-state index contributed by atoms with van der Waals surface area (Å²) in [4.78, 5) is 44.0. The van der Waals surface area contributed by atoms with Gasteiger partial charge in [0.05, 0.1) is 15.6 Å². The van der Waals surface area contributed by atoms with Crippen molar-refractivity contribution in [2.24, 2.45) is 0 Å². The van der Waals surface area contributed by atoms with Gasteiger partial charge in [-0.2, -0.15) is 0 Å². The molecule has 10 heteroatoms. The van der Waals surface area contributed by atoms with Gasteiger partial charge in [0.15, 0.2) is 11.5 Å². The maximum absolute atomic E-state index is 13.1. The fraction of sp³-hybridized carbons (Fsp3) is 0.233. The molecule has 8 nitrogen and oxygen atoms in total. The fourth-order valence-electron chi connectivity index (χ4n) is 4.57. The average Bonchev–Trinajstić information content (AvgIpc) is 3.24. The highest BCUT2D eigenvalue weighted by Gasteiger charge is 2.37. The molecule has 0 bridgehead atoms. The molecule has 0 N–H and O–H groups in total. The van der Waals surface area contributed by atoms with Gasteiger partial charge in [-0.05, 0) is 75.8 Å². The molecule has 2 aliphatic rings. The van der Waals surface area contributed by atoms with Gasteiger partial charge in [0.1, 0.15) is 13.2 Å². The summed E-state index contributed by atoms with van der Waals surface area (Å²) in [6, 6.07) is 23.5. The van der Waals surface area contributed by atoms with E-state index in [0.717, 1.165) is 31.5 Å². The number of carbonyl (C=O) groups is 3. The molecule has 5 rings (SSSR count). The fourth-order valence-corrected chi connectivity index (χ4v) is 6.19. The van der Waals surface area contributed by atoms with Crippen molar-refractivity contribution < 1.29 is 23.9 Å². The lowest BCUT2D eigenvalue weighted by molar-refractivity contribution is -0.136. The normalized spacial score (nSPS) is 16.6. The number of halogens is 1. The summed E-state index contributed by atoms with van der Waals surface area (Å²) in [5.74, 6) is 0.436. The standard InChI is InChI=1S/C30H28IN3O5S/c1-38-25-17-22(16-24(31)28(25)39-20-21-8-4-2-5-9-21)18-26-29(36)34(30(37)40-26)19-27(35)33-14-12-32(13-15-33)23-10-6-3-7-11-23/h2-11,16-18H,12-15,19-20H2,1H3/b26-18+. The number of anilines is 1. The largest absolute Gasteiger partial charge is 0.493 e. The van der Waals surface area contributed by atoms with Crippen LogP contribution in [-0.4, -0.2) is 66.7 Å². The van der Waals surface area contributed by atoms with Gasteiger partial charge in [-0.25, -0.2) is 0 Å². The number of amides is 3. The Labute approximate surface area is 251 Å². The monoisotopic (exact) mass is 669 g/mol. The Morgan fingerprint density at radius 1 is 0.975 bits per heavy atom. The minimum absolute atomic E-state index is 0.229. The molecular formula is C30H28IN3O5S. The zero-order chi connectivity index (χ0) is 28.1. The lowest BCUT2D eigenvalue weighted by atomic mass is 10.1. The SMILES string of the molecule is COc1cc(/C=C2/SC(=O)N(CC(=O)N3CCN(c4ccccc4)CC3)C2=O)cc(I)c1OCc1ccccc1. The zero-order valence-electron chi connectivity index (χ0n) is 21.9. The Morgan fingerprint density at radius 3 is 2.33 bits per heavy atom. The van der Waals surface area contributed by atoms with Crippen molar-refractivity contribution in [3.8, 4) is 11.5 Å². The Morgan fingerprint density at radius 2 is 1.65 bits per heavy atom. The molecule has 40 heavy (non-hydrogen) atoms. The van der Waals surface area contributed by atoms with E-state index in [2.05, 4.69) is 27.5 Å². The molecule has 0 spiro atoms. The van der Waals surface area contributed by atoms with E-state index in [9.17, 15) is 14.4 Å². The number of methoxy groups -OCH3 is 1. The molecule has 2 heterocycles. The summed E-state index contributed by atoms with van der Waals surface area (Å²) in [7, 11) is 1.56. The number of rotatable bonds is 8. The van der Waals surface area contributed by atoms with Crippen LogP contribution in [0.4, 0.5) is 10.5 Å². The first kappa shape index (κ1) is 28.0. The molecule has 0 aromatic heterocycles. The van der Waals surface area contributed by atoms with Crippen molar-refractivity contribution in [3.63, 3.8) is 0 Å². The molecule has 2 aliphatic heterocycles. The van der Waals surface area contributed by atoms with Crippen molar-refractivity contribution in [2.75, 3.05) is 44.7 Å². The molecule has 0 unspecified atom stereocenters. The lowest BCUT2D eigenvalue weighted by Gasteiger charge is -2.36. The third-order valence-electron chi connectivity index (χ3n) is 6.70. The summed E-state index contributed by atoms with van der Waals surface area (Å²) in [6.07, 6.45) is 1.65. The number of thioether (sulfide) groups is 1. The number of imide groups is 1. The van der Waals surface area contributed by atoms with Gasteiger partial charge in [0, 0.05) is 31.9 Å². The first-order valence-electron chi connectivity index (χ1n) is 12.8. The van der Waals surface area contributed by atoms with E-state index >= 15 is 0 Å². The van der Waals surface area contributed by atoms with E-state index in [-0.39, 0.29) is 17.4 Å². The van der Waals surface area contributed by atoms with Crippen LogP contribution >= 0.6 is 34.4 Å². The van der Waals surface area contributed by atoms with E-state index in [1.807, 2.05) is 66.7 Å². The number of ether oxygens (including phenoxy) is 2. The number of hydrogen-bond acceptors (Lipinski definition) is 7. The molecular weight excluding hydrogens is 641 g/mol. The number of hydrogen-bond donors (Lipinski definition) is 0. The van der Waals surface area contributed by atoms with Crippen LogP contribution < -0.4 is 14.4 Å². The molecule has 0 radical (unpaired) electrons. The molecule has 3 amide bonds. The highest BCUT2D eigenvalue weighted by Crippen LogP contribution is 2.37. The zero-order valence-corrected chi connectivity index (χ0v) is 24.9. The minimum Gasteiger partial charge on any atom is -0.493 e. The van der Waals surface area contributed by atoms with Crippen molar-refractivity contribution >= 4 is 63.2 Å². The van der Waals surface area contributed by atoms with Crippen molar-refractivity contribution in [3.05, 3.63) is 92.4 Å². The Bertz CT molecular complexity index is 1430. The molecule has 2 saturated heterocycles. The molecule has 0 aliphatic carbocycles. The van der Waals surface area contributed by atoms with Crippen LogP contribution in [0.25, 0.3) is 6.08 Å². The highest BCUT2D eigenvalue weighted by atomic mass is 127. The second-order valence-electron chi connectivity index (χ2n) is 9.28. The Balaban J connectivity index is 1.22. The van der Waals surface area contributed by atoms with Gasteiger partial charge in [-0.15, -0.1) is 0 Å². The topological polar surface area (TPSA) is 79.4 Å². The van der Waals surface area contributed by atoms with Crippen LogP contribution in [0, 0.1) is 3.57 Å². The predicted octanol–water partition coefficient (Wildman–Crippen LogP) is 5.26. The Hall–Kier alpha value is -3.51. The number of piperazine rings is 1. The second kappa shape index (κ2) is 12.8. The quantitative estimate of drug-likeness (QED) is 0.239. The van der Waals surface area contributed by atoms with Gasteiger partial charge in [-0.3, -0.25) is 19.3 Å². The third kappa shape index (κ3) is 6.44. The van der Waals surface area contributed by atoms with Gasteiger partial charge < -0.3 is 19.3 Å². The molecule has 0 saturated carbocycles. The first-order chi connectivity index (χ1) is 19.4. The van der Waals surface area contributed by atoms with Gasteiger partial charge in [0.2, 0.25) is 5.91 Å². The molecule has 206 valence electrons. The van der Waals surface area contributed by atoms with Crippen LogP contribution in [0.2, 0.25) is 0 Å². The van der Waals surface area contributed by atoms with E-state index < -0.39 is 11.1 Å². The van der Waals surface area contributed by atoms with E-state index in [1.165, 1.54) is 0 Å². The molecule has 2 fully saturated rings. The molecule has 3 aromatic carbocycles. The van der Waals surface area contributed by atoms with Crippen LogP contribution in [-0.2, 0) is 16.2 Å². The van der Waals surface area contributed by atoms with E-state index in [0.29, 0.717) is 49.8 Å². The number of para-hydroxylation sites is 1.